The molecule has 3 saturated carbocycles. The second kappa shape index (κ2) is 13.8. The Kier molecular flexibility index (Phi) is 9.43. The van der Waals surface area contributed by atoms with E-state index in [0.717, 1.165) is 61.3 Å². The molecule has 3 aromatic rings. The molecule has 7 rings (SSSR count). The minimum absolute atomic E-state index is 0.0885. The molecule has 1 aromatic carbocycles. The Morgan fingerprint density at radius 3 is 2.37 bits per heavy atom. The topological polar surface area (TPSA) is 118 Å². The van der Waals surface area contributed by atoms with Crippen molar-refractivity contribution in [2.24, 2.45) is 11.8 Å². The Morgan fingerprint density at radius 2 is 1.71 bits per heavy atom. The summed E-state index contributed by atoms with van der Waals surface area (Å²) in [5.74, 6) is 4.26. The molecule has 10 heteroatoms. The van der Waals surface area contributed by atoms with Crippen LogP contribution in [0.2, 0.25) is 0 Å². The van der Waals surface area contributed by atoms with Crippen LogP contribution in [0.1, 0.15) is 107 Å². The predicted octanol–water partition coefficient (Wildman–Crippen LogP) is 7.39. The largest absolute Gasteiger partial charge is 0.496 e. The van der Waals surface area contributed by atoms with E-state index in [4.69, 9.17) is 18.9 Å². The molecule has 1 saturated heterocycles. The lowest BCUT2D eigenvalue weighted by molar-refractivity contribution is -0.125. The van der Waals surface area contributed by atoms with Gasteiger partial charge in [0.2, 0.25) is 5.91 Å². The summed E-state index contributed by atoms with van der Waals surface area (Å²) in [6, 6.07) is 10.4. The van der Waals surface area contributed by atoms with Crippen LogP contribution in [0.25, 0.3) is 11.3 Å². The molecule has 1 aliphatic heterocycles. The summed E-state index contributed by atoms with van der Waals surface area (Å²) in [4.78, 5) is 40.0. The summed E-state index contributed by atoms with van der Waals surface area (Å²) in [7, 11) is 1.71. The van der Waals surface area contributed by atoms with Crippen LogP contribution in [0.5, 0.6) is 5.75 Å². The Morgan fingerprint density at radius 1 is 0.980 bits per heavy atom. The molecule has 4 aliphatic rings. The smallest absolute Gasteiger partial charge is 0.410 e. The molecule has 4 fully saturated rings. The number of amides is 2. The van der Waals surface area contributed by atoms with Gasteiger partial charge >= 0.3 is 6.09 Å². The fourth-order valence-corrected chi connectivity index (χ4v) is 7.91. The molecule has 3 heterocycles. The highest BCUT2D eigenvalue weighted by molar-refractivity contribution is 5.94. The zero-order chi connectivity index (χ0) is 34.3. The second-order valence-corrected chi connectivity index (χ2v) is 15.3. The van der Waals surface area contributed by atoms with E-state index in [-0.39, 0.29) is 30.6 Å². The maximum absolute atomic E-state index is 14.4. The van der Waals surface area contributed by atoms with E-state index in [9.17, 15) is 14.7 Å². The van der Waals surface area contributed by atoms with Crippen molar-refractivity contribution in [2.45, 2.75) is 115 Å². The van der Waals surface area contributed by atoms with Gasteiger partial charge in [-0.1, -0.05) is 12.1 Å². The van der Waals surface area contributed by atoms with Gasteiger partial charge in [0.15, 0.2) is 11.7 Å². The fraction of sp³-hybridized carbons (Fsp3) is 0.590. The summed E-state index contributed by atoms with van der Waals surface area (Å²) in [5.41, 5.74) is 2.77. The molecule has 262 valence electrons. The number of carbonyl (C=O) groups excluding carboxylic acids is 2. The van der Waals surface area contributed by atoms with Gasteiger partial charge in [-0.05, 0) is 126 Å². The van der Waals surface area contributed by atoms with E-state index in [0.29, 0.717) is 61.6 Å². The lowest BCUT2D eigenvalue weighted by Crippen LogP contribution is -2.69. The monoisotopic (exact) mass is 670 g/mol. The first-order valence-corrected chi connectivity index (χ1v) is 18.1. The summed E-state index contributed by atoms with van der Waals surface area (Å²) in [5, 5.41) is 10.1. The molecule has 10 nitrogen and oxygen atoms in total. The van der Waals surface area contributed by atoms with Crippen molar-refractivity contribution >= 4 is 17.8 Å². The lowest BCUT2D eigenvalue weighted by atomic mass is 9.78. The molecular formula is C39H50N4O6. The summed E-state index contributed by atoms with van der Waals surface area (Å²) < 4.78 is 17.4. The number of benzene rings is 1. The number of anilines is 1. The number of hydrogen-bond donors (Lipinski definition) is 1. The molecule has 0 radical (unpaired) electrons. The molecule has 49 heavy (non-hydrogen) atoms. The third-order valence-corrected chi connectivity index (χ3v) is 11.6. The van der Waals surface area contributed by atoms with Gasteiger partial charge < -0.3 is 19.0 Å². The van der Waals surface area contributed by atoms with Gasteiger partial charge in [0, 0.05) is 30.1 Å². The fourth-order valence-electron chi connectivity index (χ4n) is 7.91. The number of rotatable bonds is 9. The van der Waals surface area contributed by atoms with Crippen LogP contribution in [-0.4, -0.2) is 69.9 Å². The third kappa shape index (κ3) is 7.07. The number of methoxy groups -OCH3 is 1. The van der Waals surface area contributed by atoms with Crippen molar-refractivity contribution in [2.75, 3.05) is 25.1 Å². The van der Waals surface area contributed by atoms with Crippen LogP contribution in [-0.2, 0) is 9.53 Å². The van der Waals surface area contributed by atoms with Gasteiger partial charge in [0.25, 0.3) is 0 Å². The molecule has 1 N–H and O–H groups in total. The Labute approximate surface area is 289 Å². The van der Waals surface area contributed by atoms with Crippen molar-refractivity contribution in [1.82, 2.24) is 14.9 Å². The highest BCUT2D eigenvalue weighted by Crippen LogP contribution is 2.42. The van der Waals surface area contributed by atoms with Crippen molar-refractivity contribution in [3.8, 4) is 17.1 Å². The number of aliphatic hydroxyl groups excluding tert-OH is 1. The highest BCUT2D eigenvalue weighted by atomic mass is 16.6. The van der Waals surface area contributed by atoms with Gasteiger partial charge in [0.1, 0.15) is 17.7 Å². The number of β-amino-alcohol motifs (C(OH)–C–C–N with tert-alkyl or cyclic N) is 1. The molecule has 1 unspecified atom stereocenters. The number of oxazole rings is 1. The standard InChI is InChI=1S/C39H50N4O6/c1-24-19-29(13-16-32(24)47-4)26-7-5-25(6-8-26)22-42(35-20-30(17-18-40-35)33-21-41-36(49-33)27-9-10-27)37(45)28-11-14-31(15-12-28)48-38(46)43-23-34(44)39(43,2)3/h13,16-21,25-28,31,34,44H,5-12,14-15,22-23H2,1-4H3. The number of aliphatic hydroxyl groups is 1. The zero-order valence-corrected chi connectivity index (χ0v) is 29.3. The lowest BCUT2D eigenvalue weighted by Gasteiger charge is -2.51. The van der Waals surface area contributed by atoms with Crippen LogP contribution in [0.3, 0.4) is 0 Å². The van der Waals surface area contributed by atoms with E-state index in [1.807, 2.05) is 30.9 Å². The molecule has 2 amide bonds. The molecule has 0 spiro atoms. The number of hydrogen-bond acceptors (Lipinski definition) is 8. The van der Waals surface area contributed by atoms with Crippen LogP contribution in [0.4, 0.5) is 10.6 Å². The van der Waals surface area contributed by atoms with E-state index in [1.54, 1.807) is 24.4 Å². The quantitative estimate of drug-likeness (QED) is 0.251. The number of aromatic nitrogens is 2. The average Bonchev–Trinajstić information content (AvgIpc) is 3.85. The minimum Gasteiger partial charge on any atom is -0.496 e. The zero-order valence-electron chi connectivity index (χ0n) is 29.3. The van der Waals surface area contributed by atoms with Crippen LogP contribution < -0.4 is 9.64 Å². The van der Waals surface area contributed by atoms with Crippen LogP contribution in [0.15, 0.2) is 47.1 Å². The number of aryl methyl sites for hydroxylation is 1. The molecule has 0 bridgehead atoms. The molecule has 2 aromatic heterocycles. The average molecular weight is 671 g/mol. The number of nitrogens with zero attached hydrogens (tertiary/aromatic N) is 4. The summed E-state index contributed by atoms with van der Waals surface area (Å²) >= 11 is 0. The van der Waals surface area contributed by atoms with Crippen LogP contribution >= 0.6 is 0 Å². The Hall–Kier alpha value is -3.92. The van der Waals surface area contributed by atoms with Crippen molar-refractivity contribution < 1.29 is 28.6 Å². The van der Waals surface area contributed by atoms with Gasteiger partial charge in [0.05, 0.1) is 31.5 Å². The van der Waals surface area contributed by atoms with E-state index >= 15 is 0 Å². The molecular weight excluding hydrogens is 620 g/mol. The van der Waals surface area contributed by atoms with Gasteiger partial charge in [-0.2, -0.15) is 0 Å². The Bertz CT molecular complexity index is 1650. The maximum Gasteiger partial charge on any atom is 0.410 e. The SMILES string of the molecule is COc1ccc(C2CCC(CN(C(=O)C3CCC(OC(=O)N4CC(O)C4(C)C)CC3)c3cc(-c4cnc(C5CC5)o4)ccn3)CC2)cc1C. The molecule has 1 atom stereocenters. The first-order valence-electron chi connectivity index (χ1n) is 18.1. The summed E-state index contributed by atoms with van der Waals surface area (Å²) in [6.07, 6.45) is 11.4. The number of ether oxygens (including phenoxy) is 2. The number of pyridine rings is 1. The van der Waals surface area contributed by atoms with E-state index < -0.39 is 11.6 Å². The normalized spacial score (nSPS) is 26.5. The first kappa shape index (κ1) is 33.6. The van der Waals surface area contributed by atoms with Crippen molar-refractivity contribution in [3.05, 3.63) is 59.7 Å². The van der Waals surface area contributed by atoms with Crippen LogP contribution in [0, 0.1) is 18.8 Å². The van der Waals surface area contributed by atoms with Gasteiger partial charge in [-0.3, -0.25) is 14.6 Å². The minimum atomic E-state index is -0.621. The maximum atomic E-state index is 14.4. The van der Waals surface area contributed by atoms with Crippen molar-refractivity contribution in [1.29, 1.82) is 0 Å². The van der Waals surface area contributed by atoms with E-state index in [1.165, 1.54) is 5.56 Å². The van der Waals surface area contributed by atoms with E-state index in [2.05, 4.69) is 30.1 Å². The first-order chi connectivity index (χ1) is 23.6. The second-order valence-electron chi connectivity index (χ2n) is 15.3. The Balaban J connectivity index is 1.04. The third-order valence-electron chi connectivity index (χ3n) is 11.6. The highest BCUT2D eigenvalue weighted by Gasteiger charge is 2.49. The number of carbonyl (C=O) groups is 2. The van der Waals surface area contributed by atoms with Gasteiger partial charge in [-0.15, -0.1) is 0 Å². The van der Waals surface area contributed by atoms with Crippen molar-refractivity contribution in [3.63, 3.8) is 0 Å². The summed E-state index contributed by atoms with van der Waals surface area (Å²) in [6.45, 7) is 6.69. The predicted molar refractivity (Wildman–Crippen MR) is 186 cm³/mol. The number of likely N-dealkylation sites (tertiary alicyclic amines) is 1. The van der Waals surface area contributed by atoms with Gasteiger partial charge in [-0.25, -0.2) is 14.8 Å². The molecule has 3 aliphatic carbocycles.